The second kappa shape index (κ2) is 8.33. The number of rotatable bonds is 4. The molecule has 1 aromatic carbocycles. The van der Waals surface area contributed by atoms with Crippen LogP contribution in [0.15, 0.2) is 24.3 Å². The van der Waals surface area contributed by atoms with Crippen molar-refractivity contribution < 1.29 is 14.6 Å². The molecule has 2 N–H and O–H groups in total. The Morgan fingerprint density at radius 2 is 2.05 bits per heavy atom. The van der Waals surface area contributed by atoms with E-state index < -0.39 is 11.7 Å². The van der Waals surface area contributed by atoms with Crippen molar-refractivity contribution in [3.05, 3.63) is 35.4 Å². The Labute approximate surface area is 126 Å². The van der Waals surface area contributed by atoms with Gasteiger partial charge >= 0.3 is 6.09 Å². The van der Waals surface area contributed by atoms with Crippen molar-refractivity contribution in [3.8, 4) is 11.8 Å². The first-order chi connectivity index (χ1) is 9.92. The quantitative estimate of drug-likeness (QED) is 0.837. The van der Waals surface area contributed by atoms with Crippen LogP contribution in [0.2, 0.25) is 0 Å². The summed E-state index contributed by atoms with van der Waals surface area (Å²) in [7, 11) is 0. The molecular weight excluding hydrogens is 266 g/mol. The number of aliphatic hydroxyl groups is 1. The van der Waals surface area contributed by atoms with Crippen molar-refractivity contribution in [2.45, 2.75) is 39.2 Å². The maximum Gasteiger partial charge on any atom is 0.407 e. The molecule has 0 saturated heterocycles. The molecule has 0 heterocycles. The zero-order valence-corrected chi connectivity index (χ0v) is 12.9. The Morgan fingerprint density at radius 3 is 2.71 bits per heavy atom. The number of ether oxygens (including phenoxy) is 1. The second-order valence-corrected chi connectivity index (χ2v) is 5.61. The van der Waals surface area contributed by atoms with Crippen molar-refractivity contribution in [1.82, 2.24) is 5.32 Å². The summed E-state index contributed by atoms with van der Waals surface area (Å²) in [5.74, 6) is 5.95. The minimum absolute atomic E-state index is 0.0648. The second-order valence-electron chi connectivity index (χ2n) is 5.61. The molecule has 1 amide bonds. The van der Waals surface area contributed by atoms with E-state index >= 15 is 0 Å². The van der Waals surface area contributed by atoms with Crippen LogP contribution in [0.1, 0.15) is 38.3 Å². The maximum absolute atomic E-state index is 11.6. The number of aliphatic hydroxyl groups excluding tert-OH is 1. The first-order valence-electron chi connectivity index (χ1n) is 7.07. The number of alkyl carbamates (subject to hydrolysis) is 1. The highest BCUT2D eigenvalue weighted by Crippen LogP contribution is 2.09. The van der Waals surface area contributed by atoms with E-state index in [1.165, 1.54) is 0 Å². The van der Waals surface area contributed by atoms with E-state index in [4.69, 9.17) is 9.84 Å². The van der Waals surface area contributed by atoms with Crippen LogP contribution in [-0.4, -0.2) is 30.0 Å². The van der Waals surface area contributed by atoms with Crippen LogP contribution in [0.3, 0.4) is 0 Å². The molecule has 1 rings (SSSR count). The molecule has 21 heavy (non-hydrogen) atoms. The molecule has 0 aliphatic rings. The summed E-state index contributed by atoms with van der Waals surface area (Å²) in [5, 5.41) is 11.5. The molecule has 1 aromatic rings. The largest absolute Gasteiger partial charge is 0.444 e. The van der Waals surface area contributed by atoms with E-state index in [2.05, 4.69) is 17.2 Å². The van der Waals surface area contributed by atoms with Gasteiger partial charge in [-0.25, -0.2) is 4.79 Å². The van der Waals surface area contributed by atoms with Crippen LogP contribution < -0.4 is 5.32 Å². The van der Waals surface area contributed by atoms with E-state index in [9.17, 15) is 4.79 Å². The highest BCUT2D eigenvalue weighted by molar-refractivity contribution is 5.67. The highest BCUT2D eigenvalue weighted by atomic mass is 16.6. The van der Waals surface area contributed by atoms with Crippen LogP contribution >= 0.6 is 0 Å². The summed E-state index contributed by atoms with van der Waals surface area (Å²) in [6, 6.07) is 7.79. The molecule has 0 aliphatic carbocycles. The summed E-state index contributed by atoms with van der Waals surface area (Å²) < 4.78 is 5.18. The number of amides is 1. The van der Waals surface area contributed by atoms with Crippen LogP contribution in [0.4, 0.5) is 4.79 Å². The Kier molecular flexibility index (Phi) is 6.77. The topological polar surface area (TPSA) is 58.6 Å². The smallest absolute Gasteiger partial charge is 0.407 e. The molecule has 0 atom stereocenters. The van der Waals surface area contributed by atoms with Crippen LogP contribution in [-0.2, 0) is 11.2 Å². The number of hydrogen-bond donors (Lipinski definition) is 2. The van der Waals surface area contributed by atoms with Gasteiger partial charge in [0.05, 0.1) is 6.61 Å². The lowest BCUT2D eigenvalue weighted by atomic mass is 10.0. The fraction of sp³-hybridized carbons (Fsp3) is 0.471. The van der Waals surface area contributed by atoms with E-state index in [-0.39, 0.29) is 6.61 Å². The molecular formula is C17H23NO3. The van der Waals surface area contributed by atoms with Gasteiger partial charge in [-0.3, -0.25) is 0 Å². The van der Waals surface area contributed by atoms with Crippen molar-refractivity contribution in [2.75, 3.05) is 13.2 Å². The molecule has 0 spiro atoms. The Hall–Kier alpha value is -1.99. The van der Waals surface area contributed by atoms with Gasteiger partial charge in [-0.05, 0) is 38.8 Å². The van der Waals surface area contributed by atoms with Crippen molar-refractivity contribution in [3.63, 3.8) is 0 Å². The van der Waals surface area contributed by atoms with E-state index in [0.717, 1.165) is 11.1 Å². The number of benzene rings is 1. The fourth-order valence-electron chi connectivity index (χ4n) is 1.69. The van der Waals surface area contributed by atoms with Crippen LogP contribution in [0.5, 0.6) is 0 Å². The lowest BCUT2D eigenvalue weighted by Gasteiger charge is -2.19. The SMILES string of the molecule is CC(C)(C)OC(=O)NCCc1ccccc1C#CCCO. The number of carbonyl (C=O) groups excluding carboxylic acids is 1. The molecule has 0 bridgehead atoms. The third-order valence-corrected chi connectivity index (χ3v) is 2.54. The van der Waals surface area contributed by atoms with Crippen molar-refractivity contribution in [2.24, 2.45) is 0 Å². The number of nitrogens with one attached hydrogen (secondary N) is 1. The molecule has 114 valence electrons. The van der Waals surface area contributed by atoms with Crippen LogP contribution in [0.25, 0.3) is 0 Å². The van der Waals surface area contributed by atoms with E-state index in [1.807, 2.05) is 45.0 Å². The number of carbonyl (C=O) groups is 1. The lowest BCUT2D eigenvalue weighted by molar-refractivity contribution is 0.0528. The molecule has 4 nitrogen and oxygen atoms in total. The van der Waals surface area contributed by atoms with Gasteiger partial charge in [0.25, 0.3) is 0 Å². The monoisotopic (exact) mass is 289 g/mol. The van der Waals surface area contributed by atoms with Gasteiger partial charge in [0.2, 0.25) is 0 Å². The van der Waals surface area contributed by atoms with Gasteiger partial charge in [-0.2, -0.15) is 0 Å². The first kappa shape index (κ1) is 17.1. The summed E-state index contributed by atoms with van der Waals surface area (Å²) in [4.78, 5) is 11.6. The predicted octanol–water partition coefficient (Wildman–Crippen LogP) is 2.49. The van der Waals surface area contributed by atoms with Crippen LogP contribution in [0, 0.1) is 11.8 Å². The molecule has 0 aliphatic heterocycles. The maximum atomic E-state index is 11.6. The third-order valence-electron chi connectivity index (χ3n) is 2.54. The summed E-state index contributed by atoms with van der Waals surface area (Å²) in [6.45, 7) is 6.05. The summed E-state index contributed by atoms with van der Waals surface area (Å²) in [6.07, 6.45) is 0.736. The van der Waals surface area contributed by atoms with Gasteiger partial charge in [0.15, 0.2) is 0 Å². The van der Waals surface area contributed by atoms with Crippen molar-refractivity contribution >= 4 is 6.09 Å². The Balaban J connectivity index is 2.53. The zero-order chi connectivity index (χ0) is 15.7. The van der Waals surface area contributed by atoms with Gasteiger partial charge in [0, 0.05) is 18.5 Å². The van der Waals surface area contributed by atoms with Gasteiger partial charge in [-0.15, -0.1) is 0 Å². The molecule has 4 heteroatoms. The Bertz CT molecular complexity index is 521. The molecule has 0 saturated carbocycles. The van der Waals surface area contributed by atoms with E-state index in [0.29, 0.717) is 19.4 Å². The molecule has 0 radical (unpaired) electrons. The molecule has 0 unspecified atom stereocenters. The third kappa shape index (κ3) is 7.38. The predicted molar refractivity (Wildman–Crippen MR) is 83.0 cm³/mol. The average Bonchev–Trinajstić information content (AvgIpc) is 2.38. The van der Waals surface area contributed by atoms with E-state index in [1.54, 1.807) is 0 Å². The standard InChI is InChI=1S/C17H23NO3/c1-17(2,3)21-16(20)18-12-11-15-9-5-4-8-14(15)10-6-7-13-19/h4-5,8-9,19H,7,11-13H2,1-3H3,(H,18,20). The van der Waals surface area contributed by atoms with Crippen molar-refractivity contribution in [1.29, 1.82) is 0 Å². The minimum Gasteiger partial charge on any atom is -0.444 e. The average molecular weight is 289 g/mol. The number of hydrogen-bond acceptors (Lipinski definition) is 3. The summed E-state index contributed by atoms with van der Waals surface area (Å²) in [5.41, 5.74) is 1.51. The normalized spacial score (nSPS) is 10.5. The van der Waals surface area contributed by atoms with Gasteiger partial charge in [0.1, 0.15) is 5.60 Å². The first-order valence-corrected chi connectivity index (χ1v) is 7.07. The summed E-state index contributed by atoms with van der Waals surface area (Å²) >= 11 is 0. The molecule has 0 aromatic heterocycles. The highest BCUT2D eigenvalue weighted by Gasteiger charge is 2.15. The zero-order valence-electron chi connectivity index (χ0n) is 12.9. The van der Waals surface area contributed by atoms with Gasteiger partial charge < -0.3 is 15.2 Å². The Morgan fingerprint density at radius 1 is 1.33 bits per heavy atom. The fourth-order valence-corrected chi connectivity index (χ4v) is 1.69. The lowest BCUT2D eigenvalue weighted by Crippen LogP contribution is -2.33. The molecule has 0 fully saturated rings. The minimum atomic E-state index is -0.488. The van der Waals surface area contributed by atoms with Gasteiger partial charge in [-0.1, -0.05) is 30.0 Å².